The third-order valence-electron chi connectivity index (χ3n) is 5.93. The van der Waals surface area contributed by atoms with Gasteiger partial charge in [-0.2, -0.15) is 0 Å². The number of nitrogens with zero attached hydrogens (tertiary/aromatic N) is 3. The maximum Gasteiger partial charge on any atom is 0.358 e. The zero-order valence-electron chi connectivity index (χ0n) is 22.9. The summed E-state index contributed by atoms with van der Waals surface area (Å²) in [6.07, 6.45) is 0. The largest absolute Gasteiger partial charge is 0.427 e. The van der Waals surface area contributed by atoms with Crippen LogP contribution in [0.5, 0.6) is 0 Å². The van der Waals surface area contributed by atoms with Crippen LogP contribution in [0.3, 0.4) is 0 Å². The Bertz CT molecular complexity index is 1240. The molecule has 2 atom stereocenters. The maximum absolute atomic E-state index is 13.3. The number of fused-ring (bicyclic) bond motifs is 1. The van der Waals surface area contributed by atoms with E-state index in [0.717, 1.165) is 11.3 Å². The van der Waals surface area contributed by atoms with Crippen molar-refractivity contribution in [2.75, 3.05) is 51.1 Å². The minimum Gasteiger partial charge on any atom is -0.427 e. The molecule has 4 rings (SSSR count). The third-order valence-corrected chi connectivity index (χ3v) is 9.40. The standard InChI is InChI=1S/C24H31N5O9S3/c1-24(2,3)22(33)38-11-37-21(32)17-14(39-7-12-5-35-10-36-6-12)9-40-20-16(19(31)29(17)20)27-18(30)15(28-34-4)13-8-41-23(25)26-13/h8,12,16,20H,5-7,9-11H2,1-4H3,(H2,25,26)(H,27,30)/b28-15-/t16?,20-/m1/s1. The maximum atomic E-state index is 13.3. The van der Waals surface area contributed by atoms with E-state index >= 15 is 0 Å². The SMILES string of the molecule is CO/N=C(\C(=O)NC1C(=O)N2C(C(=O)OCOC(=O)C(C)(C)C)=C(SCC3COCOC3)CS[C@H]12)c1csc(N)n1. The van der Waals surface area contributed by atoms with E-state index in [1.807, 2.05) is 0 Å². The van der Waals surface area contributed by atoms with E-state index in [-0.39, 0.29) is 34.9 Å². The van der Waals surface area contributed by atoms with Gasteiger partial charge in [-0.3, -0.25) is 19.3 Å². The molecule has 14 nitrogen and oxygen atoms in total. The van der Waals surface area contributed by atoms with Gasteiger partial charge in [0.15, 0.2) is 10.8 Å². The zero-order valence-corrected chi connectivity index (χ0v) is 25.3. The van der Waals surface area contributed by atoms with Crippen LogP contribution in [0.15, 0.2) is 21.1 Å². The highest BCUT2D eigenvalue weighted by Gasteiger charge is 2.55. The average Bonchev–Trinajstić information content (AvgIpc) is 3.38. The van der Waals surface area contributed by atoms with E-state index in [0.29, 0.717) is 29.6 Å². The highest BCUT2D eigenvalue weighted by atomic mass is 32.2. The fraction of sp³-hybridized carbons (Fsp3) is 0.583. The molecular weight excluding hydrogens is 598 g/mol. The van der Waals surface area contributed by atoms with Gasteiger partial charge in [-0.25, -0.2) is 9.78 Å². The van der Waals surface area contributed by atoms with Crippen molar-refractivity contribution in [1.29, 1.82) is 0 Å². The fourth-order valence-corrected chi connectivity index (χ4v) is 7.09. The second kappa shape index (κ2) is 13.4. The summed E-state index contributed by atoms with van der Waals surface area (Å²) in [6, 6.07) is -0.946. The number of hydrogen-bond donors (Lipinski definition) is 2. The number of β-lactam (4-membered cyclic amide) rings is 1. The first kappa shape index (κ1) is 31.1. The first-order chi connectivity index (χ1) is 19.5. The molecule has 0 radical (unpaired) electrons. The predicted octanol–water partition coefficient (Wildman–Crippen LogP) is 1.13. The Morgan fingerprint density at radius 3 is 2.63 bits per heavy atom. The number of carbonyl (C=O) groups is 4. The van der Waals surface area contributed by atoms with Gasteiger partial charge in [-0.1, -0.05) is 5.16 Å². The Hall–Kier alpha value is -2.86. The lowest BCUT2D eigenvalue weighted by atomic mass is 9.98. The van der Waals surface area contributed by atoms with E-state index in [1.165, 1.54) is 35.5 Å². The molecule has 1 unspecified atom stereocenters. The Kier molecular flexibility index (Phi) is 10.2. The number of nitrogens with one attached hydrogen (secondary N) is 1. The molecule has 2 saturated heterocycles. The number of thioether (sulfide) groups is 2. The molecule has 3 aliphatic heterocycles. The second-order valence-electron chi connectivity index (χ2n) is 10.1. The second-order valence-corrected chi connectivity index (χ2v) is 13.2. The van der Waals surface area contributed by atoms with E-state index in [2.05, 4.69) is 15.5 Å². The van der Waals surface area contributed by atoms with Gasteiger partial charge in [0.1, 0.15) is 36.7 Å². The quantitative estimate of drug-likeness (QED) is 0.124. The average molecular weight is 630 g/mol. The van der Waals surface area contributed by atoms with Gasteiger partial charge >= 0.3 is 11.9 Å². The highest BCUT2D eigenvalue weighted by Crippen LogP contribution is 2.44. The van der Waals surface area contributed by atoms with Gasteiger partial charge < -0.3 is 34.8 Å². The highest BCUT2D eigenvalue weighted by molar-refractivity contribution is 8.06. The number of hydrogen-bond acceptors (Lipinski definition) is 15. The van der Waals surface area contributed by atoms with Gasteiger partial charge in [0.25, 0.3) is 11.8 Å². The number of anilines is 1. The fourth-order valence-electron chi connectivity index (χ4n) is 3.87. The summed E-state index contributed by atoms with van der Waals surface area (Å²) in [7, 11) is 1.28. The summed E-state index contributed by atoms with van der Waals surface area (Å²) in [5.41, 5.74) is 5.02. The smallest absolute Gasteiger partial charge is 0.358 e. The van der Waals surface area contributed by atoms with Gasteiger partial charge in [0.2, 0.25) is 6.79 Å². The van der Waals surface area contributed by atoms with E-state index in [9.17, 15) is 19.2 Å². The third kappa shape index (κ3) is 7.32. The molecule has 224 valence electrons. The summed E-state index contributed by atoms with van der Waals surface area (Å²) in [5.74, 6) is -1.47. The molecular formula is C24H31N5O9S3. The van der Waals surface area contributed by atoms with Crippen molar-refractivity contribution in [3.63, 3.8) is 0 Å². The number of aromatic nitrogens is 1. The summed E-state index contributed by atoms with van der Waals surface area (Å²) >= 11 is 3.92. The molecule has 0 aromatic carbocycles. The minimum atomic E-state index is -0.946. The van der Waals surface area contributed by atoms with Crippen LogP contribution in [0.2, 0.25) is 0 Å². The first-order valence-corrected chi connectivity index (χ1v) is 15.4. The zero-order chi connectivity index (χ0) is 29.7. The monoisotopic (exact) mass is 629 g/mol. The first-order valence-electron chi connectivity index (χ1n) is 12.4. The molecule has 3 aliphatic rings. The lowest BCUT2D eigenvalue weighted by Crippen LogP contribution is -2.71. The van der Waals surface area contributed by atoms with Crippen molar-refractivity contribution in [3.8, 4) is 0 Å². The molecule has 17 heteroatoms. The molecule has 0 bridgehead atoms. The molecule has 41 heavy (non-hydrogen) atoms. The van der Waals surface area contributed by atoms with Crippen molar-refractivity contribution in [1.82, 2.24) is 15.2 Å². The summed E-state index contributed by atoms with van der Waals surface area (Å²) < 4.78 is 21.1. The number of oxime groups is 1. The number of carbonyl (C=O) groups excluding carboxylic acids is 4. The van der Waals surface area contributed by atoms with Crippen LogP contribution in [0.1, 0.15) is 26.5 Å². The van der Waals surface area contributed by atoms with Crippen LogP contribution >= 0.6 is 34.9 Å². The van der Waals surface area contributed by atoms with Gasteiger partial charge in [0, 0.05) is 27.7 Å². The minimum absolute atomic E-state index is 0.0526. The normalized spacial score (nSPS) is 21.6. The van der Waals surface area contributed by atoms with Crippen molar-refractivity contribution < 1.29 is 43.0 Å². The molecule has 1 aromatic heterocycles. The molecule has 0 aliphatic carbocycles. The summed E-state index contributed by atoms with van der Waals surface area (Å²) in [6.45, 7) is 5.71. The van der Waals surface area contributed by atoms with Crippen LogP contribution in [-0.2, 0) is 43.0 Å². The van der Waals surface area contributed by atoms with Gasteiger partial charge in [-0.15, -0.1) is 34.9 Å². The lowest BCUT2D eigenvalue weighted by molar-refractivity contribution is -0.173. The van der Waals surface area contributed by atoms with Crippen LogP contribution < -0.4 is 11.1 Å². The Balaban J connectivity index is 1.49. The summed E-state index contributed by atoms with van der Waals surface area (Å²) in [4.78, 5) is 62.5. The number of esters is 2. The van der Waals surface area contributed by atoms with Gasteiger partial charge in [0.05, 0.1) is 18.6 Å². The molecule has 4 heterocycles. The molecule has 3 N–H and O–H groups in total. The number of amides is 2. The van der Waals surface area contributed by atoms with Crippen molar-refractivity contribution in [2.24, 2.45) is 16.5 Å². The molecule has 2 fully saturated rings. The van der Waals surface area contributed by atoms with Crippen LogP contribution in [0.4, 0.5) is 5.13 Å². The van der Waals surface area contributed by atoms with E-state index < -0.39 is 47.4 Å². The molecule has 2 amide bonds. The predicted molar refractivity (Wildman–Crippen MR) is 151 cm³/mol. The van der Waals surface area contributed by atoms with Gasteiger partial charge in [-0.05, 0) is 20.8 Å². The number of rotatable bonds is 10. The number of nitrogen functional groups attached to an aromatic ring is 1. The molecule has 1 aromatic rings. The Morgan fingerprint density at radius 2 is 2.00 bits per heavy atom. The van der Waals surface area contributed by atoms with Crippen LogP contribution in [0, 0.1) is 11.3 Å². The van der Waals surface area contributed by atoms with Crippen LogP contribution in [-0.4, -0.2) is 96.2 Å². The molecule has 0 spiro atoms. The van der Waals surface area contributed by atoms with E-state index in [1.54, 1.807) is 26.2 Å². The van der Waals surface area contributed by atoms with Crippen molar-refractivity contribution in [2.45, 2.75) is 32.2 Å². The number of thiazole rings is 1. The Morgan fingerprint density at radius 1 is 1.27 bits per heavy atom. The topological polar surface area (TPSA) is 181 Å². The van der Waals surface area contributed by atoms with Crippen molar-refractivity contribution in [3.05, 3.63) is 21.7 Å². The van der Waals surface area contributed by atoms with Crippen LogP contribution in [0.25, 0.3) is 0 Å². The van der Waals surface area contributed by atoms with Crippen molar-refractivity contribution >= 4 is 69.5 Å². The molecule has 0 saturated carbocycles. The number of ether oxygens (including phenoxy) is 4. The Labute approximate surface area is 248 Å². The van der Waals surface area contributed by atoms with E-state index in [4.69, 9.17) is 29.5 Å². The summed E-state index contributed by atoms with van der Waals surface area (Å²) in [5, 5.41) is 7.62. The number of nitrogens with two attached hydrogens (primary N) is 1. The lowest BCUT2D eigenvalue weighted by Gasteiger charge is -2.49.